The molecule has 0 aromatic heterocycles. The van der Waals surface area contributed by atoms with Gasteiger partial charge >= 0.3 is 0 Å². The van der Waals surface area contributed by atoms with Crippen LogP contribution in [0.25, 0.3) is 0 Å². The average Bonchev–Trinajstić information content (AvgIpc) is 2.28. The number of hydrogen-bond acceptors (Lipinski definition) is 2. The summed E-state index contributed by atoms with van der Waals surface area (Å²) in [4.78, 5) is 0.118. The third-order valence-electron chi connectivity index (χ3n) is 2.04. The minimum absolute atomic E-state index is 0.118. The van der Waals surface area contributed by atoms with Crippen LogP contribution in [0.2, 0.25) is 10.0 Å². The molecule has 0 saturated heterocycles. The summed E-state index contributed by atoms with van der Waals surface area (Å²) < 4.78 is 26.1. The highest BCUT2D eigenvalue weighted by molar-refractivity contribution is 7.89. The van der Waals surface area contributed by atoms with Gasteiger partial charge in [-0.1, -0.05) is 35.4 Å². The Labute approximate surface area is 111 Å². The van der Waals surface area contributed by atoms with Crippen LogP contribution < -0.4 is 4.72 Å². The standard InChI is InChI=1S/C11H13Cl2NO2S/c1-2-3-4-7-14-17(15,16)9-5-6-10(12)11(13)8-9/h2-3,5-6,8,14H,4,7H2,1H3/b3-2+. The molecule has 3 nitrogen and oxygen atoms in total. The van der Waals surface area contributed by atoms with E-state index >= 15 is 0 Å². The summed E-state index contributed by atoms with van der Waals surface area (Å²) in [7, 11) is -3.51. The van der Waals surface area contributed by atoms with E-state index < -0.39 is 10.0 Å². The Bertz CT molecular complexity index is 512. The Hall–Kier alpha value is -0.550. The Kier molecular flexibility index (Phi) is 5.46. The molecule has 0 saturated carbocycles. The van der Waals surface area contributed by atoms with E-state index in [0.29, 0.717) is 18.0 Å². The van der Waals surface area contributed by atoms with Crippen LogP contribution in [0, 0.1) is 0 Å². The van der Waals surface area contributed by atoms with Gasteiger partial charge < -0.3 is 0 Å². The van der Waals surface area contributed by atoms with Crippen LogP contribution in [-0.2, 0) is 10.0 Å². The van der Waals surface area contributed by atoms with Crippen molar-refractivity contribution >= 4 is 33.2 Å². The van der Waals surface area contributed by atoms with Gasteiger partial charge in [0.15, 0.2) is 0 Å². The van der Waals surface area contributed by atoms with E-state index in [0.717, 1.165) is 0 Å². The van der Waals surface area contributed by atoms with Crippen molar-refractivity contribution in [3.63, 3.8) is 0 Å². The van der Waals surface area contributed by atoms with Crippen LogP contribution in [0.1, 0.15) is 13.3 Å². The zero-order valence-electron chi connectivity index (χ0n) is 9.28. The van der Waals surface area contributed by atoms with Crippen molar-refractivity contribution in [3.8, 4) is 0 Å². The van der Waals surface area contributed by atoms with Crippen LogP contribution in [0.15, 0.2) is 35.2 Å². The summed E-state index contributed by atoms with van der Waals surface area (Å²) in [5.74, 6) is 0. The van der Waals surface area contributed by atoms with Gasteiger partial charge in [0.2, 0.25) is 10.0 Å². The van der Waals surface area contributed by atoms with E-state index in [4.69, 9.17) is 23.2 Å². The molecule has 0 fully saturated rings. The molecule has 0 aliphatic heterocycles. The van der Waals surface area contributed by atoms with Crippen molar-refractivity contribution in [2.45, 2.75) is 18.2 Å². The molecule has 0 bridgehead atoms. The van der Waals surface area contributed by atoms with Crippen LogP contribution >= 0.6 is 23.2 Å². The second-order valence-electron chi connectivity index (χ2n) is 3.33. The van der Waals surface area contributed by atoms with Gasteiger partial charge in [0, 0.05) is 6.54 Å². The number of benzene rings is 1. The fourth-order valence-electron chi connectivity index (χ4n) is 1.17. The van der Waals surface area contributed by atoms with Crippen LogP contribution in [-0.4, -0.2) is 15.0 Å². The van der Waals surface area contributed by atoms with Gasteiger partial charge in [0.05, 0.1) is 14.9 Å². The van der Waals surface area contributed by atoms with Gasteiger partial charge in [0.1, 0.15) is 0 Å². The van der Waals surface area contributed by atoms with E-state index in [1.807, 2.05) is 19.1 Å². The zero-order chi connectivity index (χ0) is 12.9. The summed E-state index contributed by atoms with van der Waals surface area (Å²) >= 11 is 11.5. The molecule has 0 heterocycles. The molecule has 0 amide bonds. The molecular formula is C11H13Cl2NO2S. The lowest BCUT2D eigenvalue weighted by atomic mass is 10.4. The molecule has 94 valence electrons. The summed E-state index contributed by atoms with van der Waals surface area (Å²) in [6.45, 7) is 2.24. The predicted octanol–water partition coefficient (Wildman–Crippen LogP) is 3.24. The Balaban J connectivity index is 2.79. The smallest absolute Gasteiger partial charge is 0.211 e. The summed E-state index contributed by atoms with van der Waals surface area (Å²) in [6, 6.07) is 4.22. The highest BCUT2D eigenvalue weighted by Gasteiger charge is 2.14. The molecule has 1 aromatic rings. The predicted molar refractivity (Wildman–Crippen MR) is 71.1 cm³/mol. The first-order valence-corrected chi connectivity index (χ1v) is 7.27. The molecule has 1 N–H and O–H groups in total. The van der Waals surface area contributed by atoms with Crippen molar-refractivity contribution in [2.75, 3.05) is 6.54 Å². The topological polar surface area (TPSA) is 46.2 Å². The largest absolute Gasteiger partial charge is 0.240 e. The normalized spacial score (nSPS) is 12.2. The first kappa shape index (κ1) is 14.5. The molecule has 0 spiro atoms. The highest BCUT2D eigenvalue weighted by Crippen LogP contribution is 2.24. The third kappa shape index (κ3) is 4.32. The summed E-state index contributed by atoms with van der Waals surface area (Å²) in [6.07, 6.45) is 4.40. The molecule has 1 aromatic carbocycles. The first-order valence-electron chi connectivity index (χ1n) is 5.03. The Morgan fingerprint density at radius 1 is 1.29 bits per heavy atom. The van der Waals surface area contributed by atoms with Gasteiger partial charge in [-0.3, -0.25) is 0 Å². The van der Waals surface area contributed by atoms with Gasteiger partial charge in [-0.25, -0.2) is 13.1 Å². The second-order valence-corrected chi connectivity index (χ2v) is 5.91. The number of halogens is 2. The number of hydrogen-bond donors (Lipinski definition) is 1. The number of nitrogens with one attached hydrogen (secondary N) is 1. The molecule has 6 heteroatoms. The van der Waals surface area contributed by atoms with Crippen LogP contribution in [0.4, 0.5) is 0 Å². The van der Waals surface area contributed by atoms with Crippen LogP contribution in [0.5, 0.6) is 0 Å². The minimum atomic E-state index is -3.51. The Morgan fingerprint density at radius 3 is 2.59 bits per heavy atom. The molecule has 0 aliphatic carbocycles. The van der Waals surface area contributed by atoms with Crippen molar-refractivity contribution in [3.05, 3.63) is 40.4 Å². The number of allylic oxidation sites excluding steroid dienone is 1. The molecule has 0 radical (unpaired) electrons. The lowest BCUT2D eigenvalue weighted by molar-refractivity contribution is 0.582. The van der Waals surface area contributed by atoms with Crippen molar-refractivity contribution in [2.24, 2.45) is 0 Å². The molecule has 0 unspecified atom stereocenters. The monoisotopic (exact) mass is 293 g/mol. The SMILES string of the molecule is C/C=C/CCNS(=O)(=O)c1ccc(Cl)c(Cl)c1. The van der Waals surface area contributed by atoms with E-state index in [9.17, 15) is 8.42 Å². The van der Waals surface area contributed by atoms with E-state index in [1.165, 1.54) is 18.2 Å². The van der Waals surface area contributed by atoms with Crippen molar-refractivity contribution in [1.82, 2.24) is 4.72 Å². The Morgan fingerprint density at radius 2 is 2.00 bits per heavy atom. The fourth-order valence-corrected chi connectivity index (χ4v) is 2.61. The quantitative estimate of drug-likeness (QED) is 0.669. The molecule has 17 heavy (non-hydrogen) atoms. The third-order valence-corrected chi connectivity index (χ3v) is 4.24. The number of sulfonamides is 1. The molecule has 0 atom stereocenters. The van der Waals surface area contributed by atoms with Crippen molar-refractivity contribution < 1.29 is 8.42 Å². The minimum Gasteiger partial charge on any atom is -0.211 e. The molecule has 0 aliphatic rings. The maximum Gasteiger partial charge on any atom is 0.240 e. The molecular weight excluding hydrogens is 281 g/mol. The maximum atomic E-state index is 11.8. The molecule has 1 rings (SSSR count). The van der Waals surface area contributed by atoms with Gasteiger partial charge in [-0.05, 0) is 31.5 Å². The fraction of sp³-hybridized carbons (Fsp3) is 0.273. The van der Waals surface area contributed by atoms with E-state index in [-0.39, 0.29) is 9.92 Å². The lowest BCUT2D eigenvalue weighted by Gasteiger charge is -2.06. The first-order chi connectivity index (χ1) is 7.97. The van der Waals surface area contributed by atoms with Crippen LogP contribution in [0.3, 0.4) is 0 Å². The lowest BCUT2D eigenvalue weighted by Crippen LogP contribution is -2.24. The van der Waals surface area contributed by atoms with Gasteiger partial charge in [-0.15, -0.1) is 0 Å². The zero-order valence-corrected chi connectivity index (χ0v) is 11.6. The summed E-state index contributed by atoms with van der Waals surface area (Å²) in [5, 5.41) is 0.558. The number of rotatable bonds is 5. The second kappa shape index (κ2) is 6.40. The average molecular weight is 294 g/mol. The van der Waals surface area contributed by atoms with E-state index in [2.05, 4.69) is 4.72 Å². The maximum absolute atomic E-state index is 11.8. The van der Waals surface area contributed by atoms with Crippen molar-refractivity contribution in [1.29, 1.82) is 0 Å². The highest BCUT2D eigenvalue weighted by atomic mass is 35.5. The van der Waals surface area contributed by atoms with Gasteiger partial charge in [0.25, 0.3) is 0 Å². The summed E-state index contributed by atoms with van der Waals surface area (Å²) in [5.41, 5.74) is 0. The van der Waals surface area contributed by atoms with E-state index in [1.54, 1.807) is 0 Å². The van der Waals surface area contributed by atoms with Gasteiger partial charge in [-0.2, -0.15) is 0 Å².